The summed E-state index contributed by atoms with van der Waals surface area (Å²) in [6, 6.07) is 20.0. The van der Waals surface area contributed by atoms with Crippen molar-refractivity contribution in [1.82, 2.24) is 0 Å². The highest BCUT2D eigenvalue weighted by Crippen LogP contribution is 2.34. The molecule has 0 radical (unpaired) electrons. The molecule has 6 heteroatoms. The highest BCUT2D eigenvalue weighted by molar-refractivity contribution is 6.53. The number of nitrogens with zero attached hydrogens (tertiary/aromatic N) is 1. The van der Waals surface area contributed by atoms with Gasteiger partial charge in [0.25, 0.3) is 11.8 Å². The molecule has 4 rings (SSSR count). The SMILES string of the molecule is COc1ccc(NC2=C(Cl)C(=O)N(c3cccc4ccccc34)C2=O)cc1. The number of nitrogens with one attached hydrogen (secondary N) is 1. The van der Waals surface area contributed by atoms with Gasteiger partial charge in [-0.1, -0.05) is 48.0 Å². The number of benzene rings is 3. The number of halogens is 1. The lowest BCUT2D eigenvalue weighted by Gasteiger charge is -2.17. The summed E-state index contributed by atoms with van der Waals surface area (Å²) in [5.74, 6) is -0.349. The number of imide groups is 1. The molecule has 0 saturated carbocycles. The van der Waals surface area contributed by atoms with Crippen LogP contribution in [0.2, 0.25) is 0 Å². The van der Waals surface area contributed by atoms with E-state index in [9.17, 15) is 9.59 Å². The Hall–Kier alpha value is -3.31. The number of carbonyl (C=O) groups excluding carboxylic acids is 2. The van der Waals surface area contributed by atoms with Crippen molar-refractivity contribution in [1.29, 1.82) is 0 Å². The summed E-state index contributed by atoms with van der Waals surface area (Å²) >= 11 is 6.21. The van der Waals surface area contributed by atoms with Crippen LogP contribution in [-0.4, -0.2) is 18.9 Å². The van der Waals surface area contributed by atoms with E-state index in [1.54, 1.807) is 43.5 Å². The van der Waals surface area contributed by atoms with Gasteiger partial charge in [-0.05, 0) is 35.7 Å². The minimum Gasteiger partial charge on any atom is -0.497 e. The van der Waals surface area contributed by atoms with Gasteiger partial charge in [-0.15, -0.1) is 0 Å². The van der Waals surface area contributed by atoms with Crippen LogP contribution in [0.5, 0.6) is 5.75 Å². The van der Waals surface area contributed by atoms with Gasteiger partial charge in [0.2, 0.25) is 0 Å². The topological polar surface area (TPSA) is 58.6 Å². The number of methoxy groups -OCH3 is 1. The van der Waals surface area contributed by atoms with E-state index in [0.29, 0.717) is 17.1 Å². The predicted molar refractivity (Wildman–Crippen MR) is 106 cm³/mol. The smallest absolute Gasteiger partial charge is 0.283 e. The summed E-state index contributed by atoms with van der Waals surface area (Å²) < 4.78 is 5.12. The van der Waals surface area contributed by atoms with Crippen molar-refractivity contribution in [3.05, 3.63) is 77.5 Å². The van der Waals surface area contributed by atoms with Crippen LogP contribution in [0.25, 0.3) is 10.8 Å². The van der Waals surface area contributed by atoms with E-state index >= 15 is 0 Å². The summed E-state index contributed by atoms with van der Waals surface area (Å²) in [5.41, 5.74) is 1.19. The Bertz CT molecular complexity index is 1080. The van der Waals surface area contributed by atoms with Crippen molar-refractivity contribution < 1.29 is 14.3 Å². The van der Waals surface area contributed by atoms with Gasteiger partial charge >= 0.3 is 0 Å². The third kappa shape index (κ3) is 2.92. The number of carbonyl (C=O) groups is 2. The summed E-state index contributed by atoms with van der Waals surface area (Å²) in [6.07, 6.45) is 0. The van der Waals surface area contributed by atoms with Gasteiger partial charge in [-0.2, -0.15) is 0 Å². The molecule has 1 aliphatic heterocycles. The van der Waals surface area contributed by atoms with E-state index in [2.05, 4.69) is 5.32 Å². The van der Waals surface area contributed by atoms with Gasteiger partial charge in [-0.3, -0.25) is 9.59 Å². The first kappa shape index (κ1) is 17.1. The number of amides is 2. The van der Waals surface area contributed by atoms with Gasteiger partial charge in [0.05, 0.1) is 12.8 Å². The number of hydrogen-bond acceptors (Lipinski definition) is 4. The maximum absolute atomic E-state index is 13.0. The lowest BCUT2D eigenvalue weighted by Crippen LogP contribution is -2.32. The first-order chi connectivity index (χ1) is 13.1. The molecule has 0 saturated heterocycles. The van der Waals surface area contributed by atoms with Gasteiger partial charge in [0, 0.05) is 11.1 Å². The molecule has 27 heavy (non-hydrogen) atoms. The summed E-state index contributed by atoms with van der Waals surface area (Å²) in [4.78, 5) is 26.8. The molecule has 134 valence electrons. The average molecular weight is 379 g/mol. The standard InChI is InChI=1S/C21H15ClN2O3/c1-27-15-11-9-14(10-12-15)23-19-18(22)20(25)24(21(19)26)17-8-4-6-13-5-2-3-7-16(13)17/h2-12,23H,1H3. The van der Waals surface area contributed by atoms with Gasteiger partial charge in [0.1, 0.15) is 16.5 Å². The zero-order valence-electron chi connectivity index (χ0n) is 14.4. The first-order valence-corrected chi connectivity index (χ1v) is 8.65. The largest absolute Gasteiger partial charge is 0.497 e. The maximum Gasteiger partial charge on any atom is 0.283 e. The Labute approximate surface area is 160 Å². The predicted octanol–water partition coefficient (Wildman–Crippen LogP) is 4.28. The minimum atomic E-state index is -0.547. The van der Waals surface area contributed by atoms with Crippen LogP contribution in [0.3, 0.4) is 0 Å². The third-order valence-electron chi connectivity index (χ3n) is 4.39. The van der Waals surface area contributed by atoms with E-state index < -0.39 is 11.8 Å². The minimum absolute atomic E-state index is 0.0553. The van der Waals surface area contributed by atoms with Crippen LogP contribution in [0.15, 0.2) is 77.5 Å². The quantitative estimate of drug-likeness (QED) is 0.688. The van der Waals surface area contributed by atoms with Crippen LogP contribution in [-0.2, 0) is 9.59 Å². The Morgan fingerprint density at radius 3 is 2.33 bits per heavy atom. The lowest BCUT2D eigenvalue weighted by atomic mass is 10.1. The van der Waals surface area contributed by atoms with Crippen molar-refractivity contribution in [2.75, 3.05) is 17.3 Å². The molecule has 1 heterocycles. The van der Waals surface area contributed by atoms with E-state index in [1.165, 1.54) is 0 Å². The molecule has 5 nitrogen and oxygen atoms in total. The highest BCUT2D eigenvalue weighted by Gasteiger charge is 2.39. The Kier molecular flexibility index (Phi) is 4.30. The number of fused-ring (bicyclic) bond motifs is 1. The Balaban J connectivity index is 1.70. The number of hydrogen-bond donors (Lipinski definition) is 1. The molecule has 0 aromatic heterocycles. The number of rotatable bonds is 4. The normalized spacial score (nSPS) is 14.2. The molecule has 0 aliphatic carbocycles. The van der Waals surface area contributed by atoms with E-state index in [0.717, 1.165) is 15.7 Å². The van der Waals surface area contributed by atoms with E-state index in [-0.39, 0.29) is 10.7 Å². The van der Waals surface area contributed by atoms with Gasteiger partial charge < -0.3 is 10.1 Å². The van der Waals surface area contributed by atoms with Crippen molar-refractivity contribution in [2.45, 2.75) is 0 Å². The average Bonchev–Trinajstić information content (AvgIpc) is 2.91. The maximum atomic E-state index is 13.0. The fraction of sp³-hybridized carbons (Fsp3) is 0.0476. The summed E-state index contributed by atoms with van der Waals surface area (Å²) in [7, 11) is 1.57. The van der Waals surface area contributed by atoms with Crippen molar-refractivity contribution in [2.24, 2.45) is 0 Å². The molecule has 1 aliphatic rings. The second-order valence-corrected chi connectivity index (χ2v) is 6.36. The molecule has 0 fully saturated rings. The fourth-order valence-corrected chi connectivity index (χ4v) is 3.26. The molecule has 0 unspecified atom stereocenters. The molecule has 0 bridgehead atoms. The zero-order chi connectivity index (χ0) is 19.0. The van der Waals surface area contributed by atoms with Crippen molar-refractivity contribution in [3.8, 4) is 5.75 Å². The van der Waals surface area contributed by atoms with Crippen LogP contribution < -0.4 is 15.0 Å². The molecule has 3 aromatic carbocycles. The van der Waals surface area contributed by atoms with Crippen LogP contribution in [0.4, 0.5) is 11.4 Å². The molecule has 0 spiro atoms. The first-order valence-electron chi connectivity index (χ1n) is 8.27. The lowest BCUT2D eigenvalue weighted by molar-refractivity contribution is -0.120. The highest BCUT2D eigenvalue weighted by atomic mass is 35.5. The van der Waals surface area contributed by atoms with Crippen LogP contribution in [0.1, 0.15) is 0 Å². The second-order valence-electron chi connectivity index (χ2n) is 5.99. The Morgan fingerprint density at radius 2 is 1.59 bits per heavy atom. The monoisotopic (exact) mass is 378 g/mol. The van der Waals surface area contributed by atoms with Crippen molar-refractivity contribution in [3.63, 3.8) is 0 Å². The third-order valence-corrected chi connectivity index (χ3v) is 4.74. The van der Waals surface area contributed by atoms with Crippen LogP contribution >= 0.6 is 11.6 Å². The second kappa shape index (κ2) is 6.78. The van der Waals surface area contributed by atoms with Crippen LogP contribution in [0, 0.1) is 0 Å². The number of ether oxygens (including phenoxy) is 1. The van der Waals surface area contributed by atoms with E-state index in [1.807, 2.05) is 30.3 Å². The molecule has 3 aromatic rings. The molecule has 0 atom stereocenters. The fourth-order valence-electron chi connectivity index (χ4n) is 3.05. The molecule has 1 N–H and O–H groups in total. The summed E-state index contributed by atoms with van der Waals surface area (Å²) in [6.45, 7) is 0. The summed E-state index contributed by atoms with van der Waals surface area (Å²) in [5, 5.41) is 4.55. The zero-order valence-corrected chi connectivity index (χ0v) is 15.2. The van der Waals surface area contributed by atoms with Crippen molar-refractivity contribution >= 4 is 45.6 Å². The number of anilines is 2. The Morgan fingerprint density at radius 1 is 0.889 bits per heavy atom. The van der Waals surface area contributed by atoms with Gasteiger partial charge in [0.15, 0.2) is 0 Å². The van der Waals surface area contributed by atoms with Gasteiger partial charge in [-0.25, -0.2) is 4.90 Å². The molecule has 2 amide bonds. The molecular formula is C21H15ClN2O3. The van der Waals surface area contributed by atoms with E-state index in [4.69, 9.17) is 16.3 Å². The molecular weight excluding hydrogens is 364 g/mol.